The minimum atomic E-state index is -0.177. The van der Waals surface area contributed by atoms with E-state index in [9.17, 15) is 10.2 Å². The van der Waals surface area contributed by atoms with Crippen LogP contribution in [0, 0.1) is 11.8 Å². The van der Waals surface area contributed by atoms with Crippen LogP contribution in [0.1, 0.15) is 38.8 Å². The highest BCUT2D eigenvalue weighted by atomic mass is 16.3. The zero-order valence-electron chi connectivity index (χ0n) is 16.0. The molecule has 2 aromatic rings. The van der Waals surface area contributed by atoms with Crippen LogP contribution in [0.25, 0.3) is 0 Å². The van der Waals surface area contributed by atoms with E-state index < -0.39 is 0 Å². The third-order valence-corrected chi connectivity index (χ3v) is 6.01. The molecule has 0 radical (unpaired) electrons. The zero-order valence-corrected chi connectivity index (χ0v) is 16.0. The standard InChI is InChI=1S/C24H28O2/c1-17(2)24(19-10-14-21(26)15-11-19)16-6-5-7-22(24)23(3,4)18-8-12-20(25)13-9-18/h5-17,22,25-26H,1-4H3. The molecule has 3 rings (SSSR count). The van der Waals surface area contributed by atoms with Crippen LogP contribution in [-0.4, -0.2) is 10.2 Å². The molecule has 1 aliphatic carbocycles. The maximum absolute atomic E-state index is 9.75. The average Bonchev–Trinajstić information content (AvgIpc) is 2.62. The van der Waals surface area contributed by atoms with Gasteiger partial charge in [0.25, 0.3) is 0 Å². The van der Waals surface area contributed by atoms with Crippen molar-refractivity contribution in [2.75, 3.05) is 0 Å². The summed E-state index contributed by atoms with van der Waals surface area (Å²) in [4.78, 5) is 0. The first-order valence-electron chi connectivity index (χ1n) is 9.23. The van der Waals surface area contributed by atoms with Crippen molar-refractivity contribution >= 4 is 0 Å². The molecule has 0 fully saturated rings. The Morgan fingerprint density at radius 3 is 1.92 bits per heavy atom. The van der Waals surface area contributed by atoms with Gasteiger partial charge in [0.2, 0.25) is 0 Å². The molecule has 0 saturated carbocycles. The van der Waals surface area contributed by atoms with Gasteiger partial charge in [0.05, 0.1) is 0 Å². The second-order valence-corrected chi connectivity index (χ2v) is 8.12. The largest absolute Gasteiger partial charge is 0.508 e. The van der Waals surface area contributed by atoms with Crippen LogP contribution >= 0.6 is 0 Å². The molecule has 1 aliphatic rings. The molecule has 0 amide bonds. The van der Waals surface area contributed by atoms with Crippen molar-refractivity contribution in [2.45, 2.75) is 38.5 Å². The van der Waals surface area contributed by atoms with Gasteiger partial charge in [-0.25, -0.2) is 0 Å². The molecule has 0 spiro atoms. The molecule has 0 bridgehead atoms. The monoisotopic (exact) mass is 348 g/mol. The van der Waals surface area contributed by atoms with Crippen molar-refractivity contribution in [3.05, 3.63) is 84.0 Å². The number of allylic oxidation sites excluding steroid dienone is 4. The van der Waals surface area contributed by atoms with Crippen molar-refractivity contribution in [1.82, 2.24) is 0 Å². The molecule has 2 heteroatoms. The first-order valence-corrected chi connectivity index (χ1v) is 9.23. The van der Waals surface area contributed by atoms with Crippen LogP contribution in [0.2, 0.25) is 0 Å². The lowest BCUT2D eigenvalue weighted by molar-refractivity contribution is 0.204. The summed E-state index contributed by atoms with van der Waals surface area (Å²) in [7, 11) is 0. The fourth-order valence-corrected chi connectivity index (χ4v) is 4.47. The Kier molecular flexibility index (Phi) is 4.70. The second-order valence-electron chi connectivity index (χ2n) is 8.12. The maximum atomic E-state index is 9.75. The first-order chi connectivity index (χ1) is 12.3. The van der Waals surface area contributed by atoms with Crippen LogP contribution in [0.3, 0.4) is 0 Å². The lowest BCUT2D eigenvalue weighted by Crippen LogP contribution is -2.47. The Hall–Kier alpha value is -2.48. The molecule has 136 valence electrons. The van der Waals surface area contributed by atoms with Gasteiger partial charge in [0, 0.05) is 5.41 Å². The molecule has 0 heterocycles. The van der Waals surface area contributed by atoms with E-state index in [1.54, 1.807) is 24.3 Å². The molecule has 2 aromatic carbocycles. The minimum absolute atomic E-state index is 0.142. The van der Waals surface area contributed by atoms with Crippen LogP contribution < -0.4 is 0 Å². The van der Waals surface area contributed by atoms with Gasteiger partial charge < -0.3 is 10.2 Å². The quantitative estimate of drug-likeness (QED) is 0.743. The van der Waals surface area contributed by atoms with E-state index in [2.05, 4.69) is 52.0 Å². The Morgan fingerprint density at radius 2 is 1.38 bits per heavy atom. The summed E-state index contributed by atoms with van der Waals surface area (Å²) in [5.41, 5.74) is 2.09. The molecular weight excluding hydrogens is 320 g/mol. The van der Waals surface area contributed by atoms with Crippen LogP contribution in [-0.2, 0) is 10.8 Å². The predicted molar refractivity (Wildman–Crippen MR) is 108 cm³/mol. The second kappa shape index (κ2) is 6.68. The number of phenolic OH excluding ortho intramolecular Hbond substituents is 2. The smallest absolute Gasteiger partial charge is 0.115 e. The normalized spacial score (nSPS) is 22.7. The highest BCUT2D eigenvalue weighted by Crippen LogP contribution is 2.52. The van der Waals surface area contributed by atoms with Crippen molar-refractivity contribution in [3.8, 4) is 11.5 Å². The Balaban J connectivity index is 2.16. The maximum Gasteiger partial charge on any atom is 0.115 e. The number of hydrogen-bond donors (Lipinski definition) is 2. The van der Waals surface area contributed by atoms with E-state index >= 15 is 0 Å². The van der Waals surface area contributed by atoms with E-state index in [1.165, 1.54) is 11.1 Å². The van der Waals surface area contributed by atoms with Gasteiger partial charge in [0.15, 0.2) is 0 Å². The van der Waals surface area contributed by atoms with Gasteiger partial charge in [-0.3, -0.25) is 0 Å². The van der Waals surface area contributed by atoms with E-state index in [-0.39, 0.29) is 28.2 Å². The molecule has 0 saturated heterocycles. The van der Waals surface area contributed by atoms with Gasteiger partial charge >= 0.3 is 0 Å². The third kappa shape index (κ3) is 2.94. The zero-order chi connectivity index (χ0) is 18.9. The van der Waals surface area contributed by atoms with Gasteiger partial charge in [-0.1, -0.05) is 76.3 Å². The third-order valence-electron chi connectivity index (χ3n) is 6.01. The lowest BCUT2D eigenvalue weighted by Gasteiger charge is -2.50. The summed E-state index contributed by atoms with van der Waals surface area (Å²) >= 11 is 0. The van der Waals surface area contributed by atoms with E-state index in [4.69, 9.17) is 0 Å². The summed E-state index contributed by atoms with van der Waals surface area (Å²) in [6, 6.07) is 15.2. The van der Waals surface area contributed by atoms with E-state index in [1.807, 2.05) is 24.3 Å². The summed E-state index contributed by atoms with van der Waals surface area (Å²) in [6.07, 6.45) is 8.89. The van der Waals surface area contributed by atoms with Crippen LogP contribution in [0.5, 0.6) is 11.5 Å². The van der Waals surface area contributed by atoms with Crippen molar-refractivity contribution < 1.29 is 10.2 Å². The number of aromatic hydroxyl groups is 2. The van der Waals surface area contributed by atoms with Gasteiger partial charge in [-0.2, -0.15) is 0 Å². The molecule has 0 aromatic heterocycles. The highest BCUT2D eigenvalue weighted by molar-refractivity contribution is 5.44. The lowest BCUT2D eigenvalue weighted by atomic mass is 9.53. The topological polar surface area (TPSA) is 40.5 Å². The molecule has 2 nitrogen and oxygen atoms in total. The summed E-state index contributed by atoms with van der Waals surface area (Å²) in [5, 5.41) is 19.4. The van der Waals surface area contributed by atoms with Crippen molar-refractivity contribution in [2.24, 2.45) is 11.8 Å². The summed E-state index contributed by atoms with van der Waals surface area (Å²) < 4.78 is 0. The number of rotatable bonds is 4. The average molecular weight is 348 g/mol. The highest BCUT2D eigenvalue weighted by Gasteiger charge is 2.48. The fourth-order valence-electron chi connectivity index (χ4n) is 4.47. The molecular formula is C24H28O2. The minimum Gasteiger partial charge on any atom is -0.508 e. The molecule has 26 heavy (non-hydrogen) atoms. The summed E-state index contributed by atoms with van der Waals surface area (Å²) in [5.74, 6) is 1.18. The SMILES string of the molecule is CC(C)C1(c2ccc(O)cc2)C=CC=CC1C(C)(C)c1ccc(O)cc1. The number of benzene rings is 2. The van der Waals surface area contributed by atoms with E-state index in [0.29, 0.717) is 5.92 Å². The number of hydrogen-bond acceptors (Lipinski definition) is 2. The molecule has 2 N–H and O–H groups in total. The number of phenols is 2. The fraction of sp³-hybridized carbons (Fsp3) is 0.333. The molecule has 2 atom stereocenters. The van der Waals surface area contributed by atoms with Crippen molar-refractivity contribution in [3.63, 3.8) is 0 Å². The summed E-state index contributed by atoms with van der Waals surface area (Å²) in [6.45, 7) is 9.06. The van der Waals surface area contributed by atoms with Gasteiger partial charge in [-0.05, 0) is 52.6 Å². The van der Waals surface area contributed by atoms with E-state index in [0.717, 1.165) is 0 Å². The van der Waals surface area contributed by atoms with Crippen LogP contribution in [0.4, 0.5) is 0 Å². The van der Waals surface area contributed by atoms with Crippen molar-refractivity contribution in [1.29, 1.82) is 0 Å². The molecule has 0 aliphatic heterocycles. The Morgan fingerprint density at radius 1 is 0.846 bits per heavy atom. The Labute approximate surface area is 156 Å². The van der Waals surface area contributed by atoms with Gasteiger partial charge in [0.1, 0.15) is 11.5 Å². The Bertz CT molecular complexity index is 810. The van der Waals surface area contributed by atoms with Gasteiger partial charge in [-0.15, -0.1) is 0 Å². The predicted octanol–water partition coefficient (Wildman–Crippen LogP) is 5.71. The first kappa shape index (κ1) is 18.3. The van der Waals surface area contributed by atoms with Crippen LogP contribution in [0.15, 0.2) is 72.8 Å². The molecule has 2 unspecified atom stereocenters.